The zero-order valence-corrected chi connectivity index (χ0v) is 13.9. The number of nitrogens with one attached hydrogen (secondary N) is 1. The highest BCUT2D eigenvalue weighted by molar-refractivity contribution is 7.09. The summed E-state index contributed by atoms with van der Waals surface area (Å²) in [7, 11) is 0. The molecule has 0 amide bonds. The molecule has 0 aromatic carbocycles. The predicted octanol–water partition coefficient (Wildman–Crippen LogP) is 2.28. The van der Waals surface area contributed by atoms with E-state index in [2.05, 4.69) is 39.7 Å². The number of H-pyrrole nitrogens is 1. The van der Waals surface area contributed by atoms with E-state index in [1.54, 1.807) is 0 Å². The van der Waals surface area contributed by atoms with Gasteiger partial charge in [-0.3, -0.25) is 9.69 Å². The van der Waals surface area contributed by atoms with Gasteiger partial charge in [0.05, 0.1) is 0 Å². The molecule has 3 rings (SSSR count). The zero-order valence-electron chi connectivity index (χ0n) is 13.1. The second-order valence-electron chi connectivity index (χ2n) is 5.96. The molecule has 0 spiro atoms. The van der Waals surface area contributed by atoms with Crippen LogP contribution in [0.2, 0.25) is 0 Å². The summed E-state index contributed by atoms with van der Waals surface area (Å²) >= 11 is 1.35. The van der Waals surface area contributed by atoms with Crippen molar-refractivity contribution in [3.05, 3.63) is 44.6 Å². The van der Waals surface area contributed by atoms with Crippen LogP contribution in [0.4, 0.5) is 5.82 Å². The second kappa shape index (κ2) is 6.62. The van der Waals surface area contributed by atoms with E-state index in [-0.39, 0.29) is 4.87 Å². The maximum atomic E-state index is 11.6. The molecule has 0 bridgehead atoms. The van der Waals surface area contributed by atoms with Crippen molar-refractivity contribution in [1.29, 1.82) is 0 Å². The molecule has 1 aliphatic heterocycles. The van der Waals surface area contributed by atoms with Crippen LogP contribution in [0.15, 0.2) is 29.2 Å². The molecule has 1 saturated heterocycles. The van der Waals surface area contributed by atoms with E-state index in [1.165, 1.54) is 16.2 Å². The Morgan fingerprint density at radius 1 is 1.27 bits per heavy atom. The Morgan fingerprint density at radius 2 is 2.05 bits per heavy atom. The molecule has 0 atom stereocenters. The number of hydrogen-bond acceptors (Lipinski definition) is 5. The van der Waals surface area contributed by atoms with E-state index in [0.717, 1.165) is 44.2 Å². The van der Waals surface area contributed by atoms with E-state index < -0.39 is 0 Å². The number of thiazole rings is 1. The fourth-order valence-electron chi connectivity index (χ4n) is 2.83. The van der Waals surface area contributed by atoms with Crippen LogP contribution in [0.5, 0.6) is 0 Å². The first-order chi connectivity index (χ1) is 10.6. The van der Waals surface area contributed by atoms with Crippen LogP contribution in [0.25, 0.3) is 0 Å². The monoisotopic (exact) mass is 318 g/mol. The van der Waals surface area contributed by atoms with Gasteiger partial charge in [0, 0.05) is 49.5 Å². The number of pyridine rings is 1. The van der Waals surface area contributed by atoms with Crippen LogP contribution in [0.3, 0.4) is 0 Å². The lowest BCUT2D eigenvalue weighted by atomic mass is 10.1. The van der Waals surface area contributed by atoms with Gasteiger partial charge in [-0.2, -0.15) is 0 Å². The third-order valence-electron chi connectivity index (χ3n) is 4.04. The Kier molecular flexibility index (Phi) is 4.59. The minimum Gasteiger partial charge on any atom is -0.354 e. The molecule has 2 aromatic rings. The normalized spacial score (nSPS) is 16.4. The smallest absolute Gasteiger partial charge is 0.304 e. The molecule has 0 saturated carbocycles. The van der Waals surface area contributed by atoms with Gasteiger partial charge in [0.25, 0.3) is 0 Å². The maximum Gasteiger partial charge on any atom is 0.304 e. The van der Waals surface area contributed by atoms with Crippen LogP contribution < -0.4 is 9.77 Å². The van der Waals surface area contributed by atoms with Crippen molar-refractivity contribution in [1.82, 2.24) is 14.9 Å². The number of piperazine rings is 1. The van der Waals surface area contributed by atoms with Gasteiger partial charge >= 0.3 is 4.87 Å². The molecule has 0 aliphatic carbocycles. The lowest BCUT2D eigenvalue weighted by Gasteiger charge is -2.35. The summed E-state index contributed by atoms with van der Waals surface area (Å²) in [5, 5.41) is 0. The molecule has 1 aliphatic rings. The fraction of sp³-hybridized carbons (Fsp3) is 0.500. The van der Waals surface area contributed by atoms with Gasteiger partial charge in [0.15, 0.2) is 0 Å². The van der Waals surface area contributed by atoms with Gasteiger partial charge in [-0.1, -0.05) is 31.3 Å². The van der Waals surface area contributed by atoms with Crippen molar-refractivity contribution in [2.24, 2.45) is 0 Å². The first-order valence-corrected chi connectivity index (χ1v) is 8.55. The highest BCUT2D eigenvalue weighted by atomic mass is 32.1. The molecular formula is C16H22N4OS. The molecule has 5 nitrogen and oxygen atoms in total. The summed E-state index contributed by atoms with van der Waals surface area (Å²) in [6.45, 7) is 9.08. The number of hydrogen-bond donors (Lipinski definition) is 1. The SMILES string of the molecule is CC(C)c1[nH]c(=O)sc1CN1CCN(c2ccccn2)CC1. The summed E-state index contributed by atoms with van der Waals surface area (Å²) < 4.78 is 0. The van der Waals surface area contributed by atoms with Gasteiger partial charge in [-0.05, 0) is 18.1 Å². The minimum atomic E-state index is 0.0609. The van der Waals surface area contributed by atoms with Gasteiger partial charge in [0.2, 0.25) is 0 Å². The van der Waals surface area contributed by atoms with Crippen LogP contribution >= 0.6 is 11.3 Å². The Morgan fingerprint density at radius 3 is 2.68 bits per heavy atom. The van der Waals surface area contributed by atoms with Crippen molar-refractivity contribution in [3.63, 3.8) is 0 Å². The van der Waals surface area contributed by atoms with Gasteiger partial charge in [0.1, 0.15) is 5.82 Å². The Bertz CT molecular complexity index is 656. The Balaban J connectivity index is 1.62. The largest absolute Gasteiger partial charge is 0.354 e. The Labute approximate surface area is 134 Å². The number of rotatable bonds is 4. The van der Waals surface area contributed by atoms with Crippen molar-refractivity contribution < 1.29 is 0 Å². The summed E-state index contributed by atoms with van der Waals surface area (Å²) in [6, 6.07) is 6.03. The molecule has 2 aromatic heterocycles. The Hall–Kier alpha value is -1.66. The average Bonchev–Trinajstić information content (AvgIpc) is 2.90. The third-order valence-corrected chi connectivity index (χ3v) is 4.93. The summed E-state index contributed by atoms with van der Waals surface area (Å²) in [4.78, 5) is 25.0. The quantitative estimate of drug-likeness (QED) is 0.939. The number of nitrogens with zero attached hydrogens (tertiary/aromatic N) is 3. The molecule has 0 radical (unpaired) electrons. The molecule has 22 heavy (non-hydrogen) atoms. The first kappa shape index (κ1) is 15.2. The van der Waals surface area contributed by atoms with E-state index in [4.69, 9.17) is 0 Å². The lowest BCUT2D eigenvalue weighted by Crippen LogP contribution is -2.46. The van der Waals surface area contributed by atoms with Crippen molar-refractivity contribution >= 4 is 17.2 Å². The average molecular weight is 318 g/mol. The van der Waals surface area contributed by atoms with E-state index in [1.807, 2.05) is 18.3 Å². The number of anilines is 1. The second-order valence-corrected chi connectivity index (χ2v) is 7.02. The van der Waals surface area contributed by atoms with Gasteiger partial charge in [-0.25, -0.2) is 4.98 Å². The van der Waals surface area contributed by atoms with Crippen LogP contribution in [-0.4, -0.2) is 41.0 Å². The summed E-state index contributed by atoms with van der Waals surface area (Å²) in [5.41, 5.74) is 1.10. The summed E-state index contributed by atoms with van der Waals surface area (Å²) in [5.74, 6) is 1.42. The zero-order chi connectivity index (χ0) is 15.5. The molecule has 1 fully saturated rings. The minimum absolute atomic E-state index is 0.0609. The van der Waals surface area contributed by atoms with Gasteiger partial charge in [-0.15, -0.1) is 0 Å². The van der Waals surface area contributed by atoms with Crippen LogP contribution in [-0.2, 0) is 6.54 Å². The standard InChI is InChI=1S/C16H22N4OS/c1-12(2)15-13(22-16(21)18-15)11-19-7-9-20(10-8-19)14-5-3-4-6-17-14/h3-6,12H,7-11H2,1-2H3,(H,18,21). The molecule has 3 heterocycles. The summed E-state index contributed by atoms with van der Waals surface area (Å²) in [6.07, 6.45) is 1.84. The third kappa shape index (κ3) is 3.39. The van der Waals surface area contributed by atoms with Crippen LogP contribution in [0, 0.1) is 0 Å². The predicted molar refractivity (Wildman–Crippen MR) is 90.8 cm³/mol. The van der Waals surface area contributed by atoms with Gasteiger partial charge < -0.3 is 9.88 Å². The van der Waals surface area contributed by atoms with Crippen molar-refractivity contribution in [2.45, 2.75) is 26.3 Å². The van der Waals surface area contributed by atoms with E-state index >= 15 is 0 Å². The lowest BCUT2D eigenvalue weighted by molar-refractivity contribution is 0.250. The number of aromatic nitrogens is 2. The van der Waals surface area contributed by atoms with Crippen molar-refractivity contribution in [3.8, 4) is 0 Å². The molecule has 118 valence electrons. The molecular weight excluding hydrogens is 296 g/mol. The highest BCUT2D eigenvalue weighted by Crippen LogP contribution is 2.22. The van der Waals surface area contributed by atoms with Crippen molar-refractivity contribution in [2.75, 3.05) is 31.1 Å². The molecule has 0 unspecified atom stereocenters. The fourth-order valence-corrected chi connectivity index (χ4v) is 3.86. The van der Waals surface area contributed by atoms with E-state index in [0.29, 0.717) is 5.92 Å². The topological polar surface area (TPSA) is 52.2 Å². The van der Waals surface area contributed by atoms with Crippen LogP contribution in [0.1, 0.15) is 30.3 Å². The molecule has 1 N–H and O–H groups in total. The first-order valence-electron chi connectivity index (χ1n) is 7.73. The van der Waals surface area contributed by atoms with E-state index in [9.17, 15) is 4.79 Å². The number of aromatic amines is 1. The maximum absolute atomic E-state index is 11.6. The highest BCUT2D eigenvalue weighted by Gasteiger charge is 2.20. The molecule has 6 heteroatoms.